The fraction of sp³-hybridized carbons (Fsp3) is 0.824. The van der Waals surface area contributed by atoms with Gasteiger partial charge in [-0.05, 0) is 32.1 Å². The van der Waals surface area contributed by atoms with E-state index in [2.05, 4.69) is 34.2 Å². The number of amides is 1. The minimum atomic E-state index is 0.0486. The third-order valence-electron chi connectivity index (χ3n) is 5.13. The molecule has 0 radical (unpaired) electrons. The van der Waals surface area contributed by atoms with E-state index >= 15 is 0 Å². The van der Waals surface area contributed by atoms with E-state index in [0.717, 1.165) is 51.0 Å². The molecule has 1 aromatic rings. The second-order valence-electron chi connectivity index (χ2n) is 6.91. The molecule has 1 saturated heterocycles. The predicted molar refractivity (Wildman–Crippen MR) is 86.7 cm³/mol. The zero-order chi connectivity index (χ0) is 16.4. The van der Waals surface area contributed by atoms with E-state index in [1.165, 1.54) is 0 Å². The number of carbonyl (C=O) groups is 1. The Hall–Kier alpha value is -1.43. The van der Waals surface area contributed by atoms with Crippen molar-refractivity contribution < 1.29 is 9.32 Å². The molecule has 0 spiro atoms. The van der Waals surface area contributed by atoms with E-state index in [1.807, 2.05) is 6.92 Å². The van der Waals surface area contributed by atoms with Crippen LogP contribution in [-0.4, -0.2) is 40.1 Å². The number of aromatic nitrogens is 2. The maximum atomic E-state index is 12.3. The van der Waals surface area contributed by atoms with Crippen LogP contribution in [0.25, 0.3) is 0 Å². The molecule has 0 bridgehead atoms. The van der Waals surface area contributed by atoms with Crippen LogP contribution in [0, 0.1) is 11.8 Å². The van der Waals surface area contributed by atoms with Crippen molar-refractivity contribution in [3.8, 4) is 0 Å². The first-order valence-corrected chi connectivity index (χ1v) is 8.99. The zero-order valence-corrected chi connectivity index (χ0v) is 14.4. The first-order valence-electron chi connectivity index (χ1n) is 8.99. The van der Waals surface area contributed by atoms with Crippen molar-refractivity contribution in [2.75, 3.05) is 13.1 Å². The lowest BCUT2D eigenvalue weighted by Gasteiger charge is -2.39. The van der Waals surface area contributed by atoms with E-state index in [-0.39, 0.29) is 6.04 Å². The summed E-state index contributed by atoms with van der Waals surface area (Å²) in [6.07, 6.45) is 5.03. The third-order valence-corrected chi connectivity index (χ3v) is 5.13. The van der Waals surface area contributed by atoms with Crippen LogP contribution in [0.4, 0.5) is 0 Å². The van der Waals surface area contributed by atoms with Gasteiger partial charge >= 0.3 is 0 Å². The molecular formula is C17H28N4O2. The number of hydrogen-bond acceptors (Lipinski definition) is 5. The van der Waals surface area contributed by atoms with Crippen molar-refractivity contribution in [1.82, 2.24) is 20.4 Å². The van der Waals surface area contributed by atoms with E-state index < -0.39 is 0 Å². The first kappa shape index (κ1) is 16.4. The van der Waals surface area contributed by atoms with Crippen molar-refractivity contribution in [3.63, 3.8) is 0 Å². The summed E-state index contributed by atoms with van der Waals surface area (Å²) in [4.78, 5) is 18.8. The van der Waals surface area contributed by atoms with Crippen molar-refractivity contribution in [2.24, 2.45) is 11.8 Å². The van der Waals surface area contributed by atoms with Gasteiger partial charge in [0.2, 0.25) is 11.8 Å². The van der Waals surface area contributed by atoms with Crippen LogP contribution in [0.2, 0.25) is 0 Å². The molecule has 1 amide bonds. The van der Waals surface area contributed by atoms with Gasteiger partial charge < -0.3 is 14.7 Å². The highest BCUT2D eigenvalue weighted by atomic mass is 16.5. The van der Waals surface area contributed by atoms with Gasteiger partial charge in [0, 0.05) is 31.5 Å². The summed E-state index contributed by atoms with van der Waals surface area (Å²) in [6, 6.07) is 0.447. The number of carbonyl (C=O) groups excluding carboxylic acids is 1. The Bertz CT molecular complexity index is 540. The fourth-order valence-corrected chi connectivity index (χ4v) is 3.43. The minimum Gasteiger partial charge on any atom is -0.342 e. The number of piperidine rings is 1. The lowest BCUT2D eigenvalue weighted by molar-refractivity contribution is -0.134. The SMILES string of the molecule is CCc1noc(C(C)NC2CCN(C(=O)C3CC3)CC2CC)n1. The molecule has 1 saturated carbocycles. The Morgan fingerprint density at radius 1 is 1.39 bits per heavy atom. The Morgan fingerprint density at radius 2 is 2.17 bits per heavy atom. The van der Waals surface area contributed by atoms with Crippen molar-refractivity contribution in [2.45, 2.75) is 65.0 Å². The standard InChI is InChI=1S/C17H28N4O2/c1-4-12-10-21(17(22)13-6-7-13)9-8-14(12)18-11(3)16-19-15(5-2)20-23-16/h11-14,18H,4-10H2,1-3H3. The number of likely N-dealkylation sites (tertiary alicyclic amines) is 1. The van der Waals surface area contributed by atoms with E-state index in [0.29, 0.717) is 29.7 Å². The first-order chi connectivity index (χ1) is 11.1. The number of aryl methyl sites for hydroxylation is 1. The average molecular weight is 320 g/mol. The molecule has 6 nitrogen and oxygen atoms in total. The molecule has 3 rings (SSSR count). The third kappa shape index (κ3) is 3.74. The molecule has 2 heterocycles. The largest absolute Gasteiger partial charge is 0.342 e. The molecule has 23 heavy (non-hydrogen) atoms. The van der Waals surface area contributed by atoms with E-state index in [9.17, 15) is 4.79 Å². The van der Waals surface area contributed by atoms with Gasteiger partial charge in [-0.2, -0.15) is 4.98 Å². The molecule has 2 fully saturated rings. The summed E-state index contributed by atoms with van der Waals surface area (Å²) in [6.45, 7) is 8.03. The molecule has 3 atom stereocenters. The molecule has 1 N–H and O–H groups in total. The average Bonchev–Trinajstić information content (AvgIpc) is 3.31. The van der Waals surface area contributed by atoms with Gasteiger partial charge in [0.1, 0.15) is 0 Å². The Morgan fingerprint density at radius 3 is 2.78 bits per heavy atom. The van der Waals surface area contributed by atoms with Crippen LogP contribution >= 0.6 is 0 Å². The molecular weight excluding hydrogens is 292 g/mol. The highest BCUT2D eigenvalue weighted by Gasteiger charge is 2.38. The Balaban J connectivity index is 1.57. The normalized spacial score (nSPS) is 26.3. The van der Waals surface area contributed by atoms with Crippen LogP contribution in [0.1, 0.15) is 64.2 Å². The smallest absolute Gasteiger partial charge is 0.243 e. The summed E-state index contributed by atoms with van der Waals surface area (Å²) in [5, 5.41) is 7.61. The van der Waals surface area contributed by atoms with Crippen molar-refractivity contribution in [3.05, 3.63) is 11.7 Å². The van der Waals surface area contributed by atoms with Crippen LogP contribution in [0.15, 0.2) is 4.52 Å². The van der Waals surface area contributed by atoms with Gasteiger partial charge in [-0.25, -0.2) is 0 Å². The second-order valence-corrected chi connectivity index (χ2v) is 6.91. The van der Waals surface area contributed by atoms with E-state index in [4.69, 9.17) is 4.52 Å². The molecule has 1 aliphatic heterocycles. The molecule has 128 valence electrons. The summed E-state index contributed by atoms with van der Waals surface area (Å²) in [5.41, 5.74) is 0. The highest BCUT2D eigenvalue weighted by molar-refractivity contribution is 5.81. The molecule has 0 aromatic carbocycles. The lowest BCUT2D eigenvalue weighted by atomic mass is 9.89. The van der Waals surface area contributed by atoms with Gasteiger partial charge in [-0.15, -0.1) is 0 Å². The quantitative estimate of drug-likeness (QED) is 0.871. The molecule has 3 unspecified atom stereocenters. The van der Waals surface area contributed by atoms with Crippen molar-refractivity contribution in [1.29, 1.82) is 0 Å². The van der Waals surface area contributed by atoms with Crippen LogP contribution in [0.5, 0.6) is 0 Å². The van der Waals surface area contributed by atoms with Crippen LogP contribution in [0.3, 0.4) is 0 Å². The fourth-order valence-electron chi connectivity index (χ4n) is 3.43. The summed E-state index contributed by atoms with van der Waals surface area (Å²) < 4.78 is 5.34. The lowest BCUT2D eigenvalue weighted by Crippen LogP contribution is -2.51. The van der Waals surface area contributed by atoms with Gasteiger partial charge in [-0.3, -0.25) is 4.79 Å². The van der Waals surface area contributed by atoms with Gasteiger partial charge in [0.05, 0.1) is 6.04 Å². The summed E-state index contributed by atoms with van der Waals surface area (Å²) in [5.74, 6) is 2.60. The summed E-state index contributed by atoms with van der Waals surface area (Å²) in [7, 11) is 0. The monoisotopic (exact) mass is 320 g/mol. The Labute approximate surface area is 138 Å². The van der Waals surface area contributed by atoms with Gasteiger partial charge in [0.25, 0.3) is 0 Å². The molecule has 2 aliphatic rings. The number of nitrogens with one attached hydrogen (secondary N) is 1. The van der Waals surface area contributed by atoms with Crippen LogP contribution in [-0.2, 0) is 11.2 Å². The van der Waals surface area contributed by atoms with Gasteiger partial charge in [-0.1, -0.05) is 25.4 Å². The predicted octanol–water partition coefficient (Wildman–Crippen LogP) is 2.32. The van der Waals surface area contributed by atoms with Crippen molar-refractivity contribution >= 4 is 5.91 Å². The molecule has 1 aromatic heterocycles. The minimum absolute atomic E-state index is 0.0486. The van der Waals surface area contributed by atoms with E-state index in [1.54, 1.807) is 0 Å². The van der Waals surface area contributed by atoms with Crippen LogP contribution < -0.4 is 5.32 Å². The zero-order valence-electron chi connectivity index (χ0n) is 14.4. The molecule has 1 aliphatic carbocycles. The Kier molecular flexibility index (Phi) is 4.99. The number of rotatable bonds is 6. The number of nitrogens with zero attached hydrogens (tertiary/aromatic N) is 3. The second kappa shape index (κ2) is 6.99. The number of hydrogen-bond donors (Lipinski definition) is 1. The maximum Gasteiger partial charge on any atom is 0.243 e. The summed E-state index contributed by atoms with van der Waals surface area (Å²) >= 11 is 0. The highest BCUT2D eigenvalue weighted by Crippen LogP contribution is 2.33. The molecule has 6 heteroatoms. The topological polar surface area (TPSA) is 71.3 Å². The maximum absolute atomic E-state index is 12.3. The van der Waals surface area contributed by atoms with Gasteiger partial charge in [0.15, 0.2) is 5.82 Å².